The van der Waals surface area contributed by atoms with Gasteiger partial charge in [-0.3, -0.25) is 9.78 Å². The summed E-state index contributed by atoms with van der Waals surface area (Å²) in [7, 11) is 1.57. The molecule has 0 saturated heterocycles. The minimum Gasteiger partial charge on any atom is -0.497 e. The Hall–Kier alpha value is -3.98. The van der Waals surface area contributed by atoms with Crippen LogP contribution in [-0.2, 0) is 6.54 Å². The number of methoxy groups -OCH3 is 1. The molecule has 0 atom stereocenters. The second-order valence-corrected chi connectivity index (χ2v) is 6.01. The van der Waals surface area contributed by atoms with E-state index in [1.54, 1.807) is 55.6 Å². The number of anilines is 2. The number of amides is 3. The zero-order chi connectivity index (χ0) is 20.8. The molecule has 0 radical (unpaired) electrons. The Bertz CT molecular complexity index is 1040. The van der Waals surface area contributed by atoms with E-state index in [0.29, 0.717) is 34.1 Å². The molecule has 0 bridgehead atoms. The number of benzene rings is 2. The lowest BCUT2D eigenvalue weighted by Gasteiger charge is -2.10. The van der Waals surface area contributed by atoms with Gasteiger partial charge in [0.1, 0.15) is 5.75 Å². The van der Waals surface area contributed by atoms with Gasteiger partial charge in [0.25, 0.3) is 5.91 Å². The van der Waals surface area contributed by atoms with Crippen LogP contribution in [0.2, 0.25) is 0 Å². The van der Waals surface area contributed by atoms with Gasteiger partial charge in [-0.25, -0.2) is 9.78 Å². The first-order chi connectivity index (χ1) is 14.0. The van der Waals surface area contributed by atoms with Gasteiger partial charge in [-0.05, 0) is 36.4 Å². The molecule has 3 amide bonds. The third-order valence-electron chi connectivity index (χ3n) is 4.04. The summed E-state index contributed by atoms with van der Waals surface area (Å²) in [5.41, 5.74) is 13.5. The standard InChI is InChI=1S/C20H20N6O3/c1-29-15-7-5-13(6-8-15)24-20(28)25-14-4-2-3-12(9-14)17-11-23-16(10-21)18(26-17)19(22)27/h2-9,11H,10,21H2,1H3,(H2,22,27)(H2,24,25,28). The van der Waals surface area contributed by atoms with Crippen LogP contribution in [0.15, 0.2) is 54.7 Å². The number of hydrogen-bond acceptors (Lipinski definition) is 6. The maximum Gasteiger partial charge on any atom is 0.323 e. The van der Waals surface area contributed by atoms with E-state index in [4.69, 9.17) is 16.2 Å². The molecule has 1 heterocycles. The zero-order valence-electron chi connectivity index (χ0n) is 15.7. The molecule has 0 fully saturated rings. The lowest BCUT2D eigenvalue weighted by molar-refractivity contribution is 0.0994. The van der Waals surface area contributed by atoms with Crippen LogP contribution in [0.25, 0.3) is 11.3 Å². The fraction of sp³-hybridized carbons (Fsp3) is 0.100. The summed E-state index contributed by atoms with van der Waals surface area (Å²) >= 11 is 0. The lowest BCUT2D eigenvalue weighted by atomic mass is 10.1. The lowest BCUT2D eigenvalue weighted by Crippen LogP contribution is -2.19. The predicted octanol–water partition coefficient (Wildman–Crippen LogP) is 2.35. The predicted molar refractivity (Wildman–Crippen MR) is 110 cm³/mol. The monoisotopic (exact) mass is 392 g/mol. The number of nitrogens with two attached hydrogens (primary N) is 2. The van der Waals surface area contributed by atoms with Crippen LogP contribution in [0.1, 0.15) is 16.2 Å². The average molecular weight is 392 g/mol. The van der Waals surface area contributed by atoms with E-state index in [1.807, 2.05) is 0 Å². The summed E-state index contributed by atoms with van der Waals surface area (Å²) in [4.78, 5) is 32.3. The number of hydrogen-bond donors (Lipinski definition) is 4. The van der Waals surface area contributed by atoms with E-state index < -0.39 is 11.9 Å². The van der Waals surface area contributed by atoms with Crippen molar-refractivity contribution >= 4 is 23.3 Å². The van der Waals surface area contributed by atoms with Crippen LogP contribution in [-0.4, -0.2) is 29.0 Å². The summed E-state index contributed by atoms with van der Waals surface area (Å²) in [5, 5.41) is 5.48. The van der Waals surface area contributed by atoms with Crippen molar-refractivity contribution in [3.63, 3.8) is 0 Å². The first-order valence-corrected chi connectivity index (χ1v) is 8.68. The molecule has 6 N–H and O–H groups in total. The van der Waals surface area contributed by atoms with Gasteiger partial charge in [0, 0.05) is 23.5 Å². The molecular weight excluding hydrogens is 372 g/mol. The summed E-state index contributed by atoms with van der Waals surface area (Å²) in [6, 6.07) is 13.5. The highest BCUT2D eigenvalue weighted by Gasteiger charge is 2.13. The Labute approximate surface area is 167 Å². The van der Waals surface area contributed by atoms with E-state index in [0.717, 1.165) is 0 Å². The maximum atomic E-state index is 12.3. The van der Waals surface area contributed by atoms with Crippen molar-refractivity contribution in [1.82, 2.24) is 9.97 Å². The first kappa shape index (κ1) is 19.8. The Morgan fingerprint density at radius 3 is 2.45 bits per heavy atom. The minimum absolute atomic E-state index is 0.0283. The summed E-state index contributed by atoms with van der Waals surface area (Å²) in [5.74, 6) is -0.00583. The second kappa shape index (κ2) is 8.81. The van der Waals surface area contributed by atoms with Gasteiger partial charge in [0.15, 0.2) is 5.69 Å². The molecule has 0 aliphatic rings. The van der Waals surface area contributed by atoms with Gasteiger partial charge in [-0.2, -0.15) is 0 Å². The van der Waals surface area contributed by atoms with Crippen LogP contribution < -0.4 is 26.8 Å². The van der Waals surface area contributed by atoms with Crippen molar-refractivity contribution in [3.05, 3.63) is 66.1 Å². The minimum atomic E-state index is -0.701. The van der Waals surface area contributed by atoms with Crippen molar-refractivity contribution < 1.29 is 14.3 Å². The average Bonchev–Trinajstić information content (AvgIpc) is 2.74. The molecule has 29 heavy (non-hydrogen) atoms. The third kappa shape index (κ3) is 4.85. The second-order valence-electron chi connectivity index (χ2n) is 6.01. The van der Waals surface area contributed by atoms with Gasteiger partial charge in [-0.1, -0.05) is 12.1 Å². The number of nitrogens with one attached hydrogen (secondary N) is 2. The number of urea groups is 1. The number of aromatic nitrogens is 2. The normalized spacial score (nSPS) is 10.3. The summed E-state index contributed by atoms with van der Waals surface area (Å²) in [6.45, 7) is 0.0542. The number of primary amides is 1. The van der Waals surface area contributed by atoms with Gasteiger partial charge in [0.05, 0.1) is 24.7 Å². The molecule has 9 heteroatoms. The molecule has 9 nitrogen and oxygen atoms in total. The molecule has 0 aliphatic carbocycles. The number of rotatable bonds is 6. The van der Waals surface area contributed by atoms with Gasteiger partial charge < -0.3 is 26.8 Å². The highest BCUT2D eigenvalue weighted by Crippen LogP contribution is 2.22. The van der Waals surface area contributed by atoms with Crippen LogP contribution in [0.3, 0.4) is 0 Å². The summed E-state index contributed by atoms with van der Waals surface area (Å²) in [6.07, 6.45) is 1.51. The SMILES string of the molecule is COc1ccc(NC(=O)Nc2cccc(-c3cnc(CN)c(C(N)=O)n3)c2)cc1. The van der Waals surface area contributed by atoms with Crippen LogP contribution in [0.4, 0.5) is 16.2 Å². The fourth-order valence-electron chi connectivity index (χ4n) is 2.62. The van der Waals surface area contributed by atoms with Gasteiger partial charge in [0.2, 0.25) is 0 Å². The van der Waals surface area contributed by atoms with Crippen LogP contribution >= 0.6 is 0 Å². The zero-order valence-corrected chi connectivity index (χ0v) is 15.7. The van der Waals surface area contributed by atoms with E-state index in [9.17, 15) is 9.59 Å². The smallest absolute Gasteiger partial charge is 0.323 e. The quantitative estimate of drug-likeness (QED) is 0.507. The molecule has 0 saturated carbocycles. The molecule has 0 unspecified atom stereocenters. The first-order valence-electron chi connectivity index (χ1n) is 8.68. The molecule has 3 rings (SSSR count). The summed E-state index contributed by atoms with van der Waals surface area (Å²) < 4.78 is 5.09. The Morgan fingerprint density at radius 1 is 1.07 bits per heavy atom. The largest absolute Gasteiger partial charge is 0.497 e. The van der Waals surface area contributed by atoms with E-state index in [1.165, 1.54) is 6.20 Å². The number of carbonyl (C=O) groups excluding carboxylic acids is 2. The molecule has 3 aromatic rings. The molecule has 2 aromatic carbocycles. The van der Waals surface area contributed by atoms with Gasteiger partial charge in [-0.15, -0.1) is 0 Å². The van der Waals surface area contributed by atoms with Gasteiger partial charge >= 0.3 is 6.03 Å². The number of carbonyl (C=O) groups is 2. The van der Waals surface area contributed by atoms with E-state index >= 15 is 0 Å². The topological polar surface area (TPSA) is 145 Å². The fourth-order valence-corrected chi connectivity index (χ4v) is 2.62. The molecular formula is C20H20N6O3. The molecule has 0 aliphatic heterocycles. The maximum absolute atomic E-state index is 12.3. The van der Waals surface area contributed by atoms with Crippen molar-refractivity contribution in [2.75, 3.05) is 17.7 Å². The van der Waals surface area contributed by atoms with Crippen molar-refractivity contribution in [1.29, 1.82) is 0 Å². The van der Waals surface area contributed by atoms with Crippen molar-refractivity contribution in [3.8, 4) is 17.0 Å². The molecule has 148 valence electrons. The Kier molecular flexibility index (Phi) is 6.00. The Morgan fingerprint density at radius 2 is 1.79 bits per heavy atom. The third-order valence-corrected chi connectivity index (χ3v) is 4.04. The van der Waals surface area contributed by atoms with Crippen molar-refractivity contribution in [2.24, 2.45) is 11.5 Å². The van der Waals surface area contributed by atoms with Crippen LogP contribution in [0, 0.1) is 0 Å². The number of ether oxygens (including phenoxy) is 1. The highest BCUT2D eigenvalue weighted by molar-refractivity contribution is 6.00. The van der Waals surface area contributed by atoms with E-state index in [-0.39, 0.29) is 12.2 Å². The molecule has 1 aromatic heterocycles. The van der Waals surface area contributed by atoms with E-state index in [2.05, 4.69) is 20.6 Å². The Balaban J connectivity index is 1.76. The van der Waals surface area contributed by atoms with Crippen molar-refractivity contribution in [2.45, 2.75) is 6.54 Å². The highest BCUT2D eigenvalue weighted by atomic mass is 16.5. The molecule has 0 spiro atoms. The number of nitrogens with zero attached hydrogens (tertiary/aromatic N) is 2. The van der Waals surface area contributed by atoms with Crippen LogP contribution in [0.5, 0.6) is 5.75 Å².